The maximum absolute atomic E-state index is 15.1. The summed E-state index contributed by atoms with van der Waals surface area (Å²) < 4.78 is 15.1. The lowest BCUT2D eigenvalue weighted by molar-refractivity contribution is -0.129. The van der Waals surface area contributed by atoms with Gasteiger partial charge in [0.15, 0.2) is 5.82 Å². The summed E-state index contributed by atoms with van der Waals surface area (Å²) in [6.07, 6.45) is 3.60. The predicted molar refractivity (Wildman–Crippen MR) is 137 cm³/mol. The minimum Gasteiger partial charge on any atom is -0.305 e. The number of rotatable bonds is 2. The summed E-state index contributed by atoms with van der Waals surface area (Å²) in [5.74, 6) is 0.0486. The molecule has 4 aromatic rings. The smallest absolute Gasteiger partial charge is 0.282 e. The third-order valence-corrected chi connectivity index (χ3v) is 8.24. The van der Waals surface area contributed by atoms with E-state index in [-0.39, 0.29) is 23.4 Å². The van der Waals surface area contributed by atoms with Gasteiger partial charge in [0.05, 0.1) is 16.9 Å². The fourth-order valence-electron chi connectivity index (χ4n) is 6.44. The molecule has 2 heterocycles. The van der Waals surface area contributed by atoms with E-state index in [0.29, 0.717) is 29.9 Å². The first-order chi connectivity index (χ1) is 17.4. The number of carbonyl (C=O) groups excluding carboxylic acids is 1. The van der Waals surface area contributed by atoms with Crippen LogP contribution in [0.2, 0.25) is 0 Å². The number of aromatic nitrogens is 3. The van der Waals surface area contributed by atoms with Crippen LogP contribution in [0.1, 0.15) is 37.9 Å². The van der Waals surface area contributed by atoms with Crippen molar-refractivity contribution in [1.29, 1.82) is 0 Å². The van der Waals surface area contributed by atoms with Gasteiger partial charge in [-0.1, -0.05) is 44.2 Å². The van der Waals surface area contributed by atoms with Gasteiger partial charge in [-0.2, -0.15) is 0 Å². The molecule has 178 valence electrons. The van der Waals surface area contributed by atoms with E-state index >= 15 is 4.39 Å². The Morgan fingerprint density at radius 1 is 1.06 bits per heavy atom. The molecule has 0 saturated heterocycles. The number of pyridine rings is 1. The number of para-hydroxylation sites is 1. The van der Waals surface area contributed by atoms with E-state index in [9.17, 15) is 4.79 Å². The summed E-state index contributed by atoms with van der Waals surface area (Å²) in [5.41, 5.74) is 3.97. The monoisotopic (exact) mass is 476 g/mol. The molecule has 0 bridgehead atoms. The highest BCUT2D eigenvalue weighted by molar-refractivity contribution is 5.93. The molecule has 0 aliphatic heterocycles. The van der Waals surface area contributed by atoms with Crippen LogP contribution >= 0.6 is 0 Å². The van der Waals surface area contributed by atoms with Crippen molar-refractivity contribution >= 4 is 16.7 Å². The Morgan fingerprint density at radius 3 is 2.64 bits per heavy atom. The third-order valence-electron chi connectivity index (χ3n) is 8.24. The number of carbonyl (C=O) groups is 1. The average molecular weight is 477 g/mol. The first-order valence-corrected chi connectivity index (χ1v) is 12.3. The van der Waals surface area contributed by atoms with Crippen molar-refractivity contribution < 1.29 is 9.18 Å². The van der Waals surface area contributed by atoms with Crippen LogP contribution in [0, 0.1) is 24.2 Å². The highest BCUT2D eigenvalue weighted by atomic mass is 19.1. The van der Waals surface area contributed by atoms with Gasteiger partial charge in [0.2, 0.25) is 5.78 Å². The molecule has 0 spiro atoms. The molecule has 1 unspecified atom stereocenters. The summed E-state index contributed by atoms with van der Waals surface area (Å²) in [7, 11) is 0. The van der Waals surface area contributed by atoms with Crippen LogP contribution in [0.4, 0.5) is 4.39 Å². The Hall–Kier alpha value is -3.98. The number of nitrogens with zero attached hydrogens (tertiary/aromatic N) is 4. The van der Waals surface area contributed by atoms with E-state index in [4.69, 9.17) is 16.5 Å². The van der Waals surface area contributed by atoms with Crippen LogP contribution in [-0.4, -0.2) is 26.8 Å². The van der Waals surface area contributed by atoms with Gasteiger partial charge in [-0.15, -0.1) is 0 Å². The van der Waals surface area contributed by atoms with Crippen molar-refractivity contribution in [1.82, 2.24) is 15.0 Å². The molecule has 36 heavy (non-hydrogen) atoms. The molecule has 2 aromatic heterocycles. The zero-order valence-corrected chi connectivity index (χ0v) is 20.2. The number of hydrogen-bond donors (Lipinski definition) is 0. The van der Waals surface area contributed by atoms with Crippen molar-refractivity contribution in [3.63, 3.8) is 0 Å². The van der Waals surface area contributed by atoms with Crippen LogP contribution in [0.3, 0.4) is 0 Å². The number of Topliss-reactive ketones (excluding diaryl/α,β-unsaturated/α-hetero) is 1. The zero-order valence-electron chi connectivity index (χ0n) is 20.2. The summed E-state index contributed by atoms with van der Waals surface area (Å²) >= 11 is 0. The fraction of sp³-hybridized carbons (Fsp3) is 0.300. The fourth-order valence-corrected chi connectivity index (χ4v) is 6.44. The van der Waals surface area contributed by atoms with Crippen LogP contribution in [0.15, 0.2) is 60.8 Å². The average Bonchev–Trinajstić information content (AvgIpc) is 2.90. The standard InChI is InChI=1S/C30H25FN4O/c1-17-22-13-12-21-26(20-9-4-6-10-23(20)31)34-29(19-14-15-33-24-11-7-5-8-18(19)24)35-28(21)30(22,2)16-25(32-3)27(17)36/h4-11,14-15,17,22,25H,12-13,16H2,1-2H3/t17-,22-,25?,30-/m1/s1. The molecular formula is C30H25FN4O. The Labute approximate surface area is 209 Å². The molecular weight excluding hydrogens is 451 g/mol. The Kier molecular flexibility index (Phi) is 5.19. The highest BCUT2D eigenvalue weighted by Crippen LogP contribution is 2.52. The van der Waals surface area contributed by atoms with E-state index in [1.165, 1.54) is 6.07 Å². The summed E-state index contributed by atoms with van der Waals surface area (Å²) in [6.45, 7) is 11.8. The second-order valence-corrected chi connectivity index (χ2v) is 10.2. The molecule has 4 atom stereocenters. The minimum absolute atomic E-state index is 0.0275. The van der Waals surface area contributed by atoms with Crippen molar-refractivity contribution in [2.75, 3.05) is 0 Å². The van der Waals surface area contributed by atoms with Crippen molar-refractivity contribution in [2.24, 2.45) is 11.8 Å². The van der Waals surface area contributed by atoms with E-state index < -0.39 is 11.5 Å². The Bertz CT molecular complexity index is 1570. The van der Waals surface area contributed by atoms with E-state index in [1.807, 2.05) is 43.3 Å². The number of halogens is 1. The second kappa shape index (κ2) is 8.30. The van der Waals surface area contributed by atoms with Gasteiger partial charge in [0.1, 0.15) is 5.82 Å². The molecule has 2 aliphatic rings. The van der Waals surface area contributed by atoms with Gasteiger partial charge in [-0.05, 0) is 43.0 Å². The van der Waals surface area contributed by atoms with Gasteiger partial charge >= 0.3 is 0 Å². The van der Waals surface area contributed by atoms with Crippen molar-refractivity contribution in [2.45, 2.75) is 44.6 Å². The lowest BCUT2D eigenvalue weighted by atomic mass is 9.55. The largest absolute Gasteiger partial charge is 0.305 e. The lowest BCUT2D eigenvalue weighted by Crippen LogP contribution is -2.52. The zero-order chi connectivity index (χ0) is 25.0. The first-order valence-electron chi connectivity index (χ1n) is 12.3. The summed E-state index contributed by atoms with van der Waals surface area (Å²) in [5, 5.41) is 0.920. The minimum atomic E-state index is -0.690. The van der Waals surface area contributed by atoms with Crippen LogP contribution in [0.5, 0.6) is 0 Å². The van der Waals surface area contributed by atoms with Gasteiger partial charge in [0.25, 0.3) is 6.04 Å². The summed E-state index contributed by atoms with van der Waals surface area (Å²) in [4.78, 5) is 31.2. The van der Waals surface area contributed by atoms with E-state index in [0.717, 1.165) is 34.1 Å². The molecule has 0 radical (unpaired) electrons. The number of ketones is 1. The lowest BCUT2D eigenvalue weighted by Gasteiger charge is -2.47. The first kappa shape index (κ1) is 22.5. The summed E-state index contributed by atoms with van der Waals surface area (Å²) in [6, 6.07) is 15.7. The molecule has 6 heteroatoms. The predicted octanol–water partition coefficient (Wildman–Crippen LogP) is 6.21. The van der Waals surface area contributed by atoms with Crippen LogP contribution < -0.4 is 0 Å². The topological polar surface area (TPSA) is 60.1 Å². The molecule has 5 nitrogen and oxygen atoms in total. The Balaban J connectivity index is 1.66. The highest BCUT2D eigenvalue weighted by Gasteiger charge is 2.55. The van der Waals surface area contributed by atoms with Crippen molar-refractivity contribution in [3.05, 3.63) is 89.3 Å². The van der Waals surface area contributed by atoms with Crippen LogP contribution in [0.25, 0.3) is 38.4 Å². The van der Waals surface area contributed by atoms with Gasteiger partial charge in [0, 0.05) is 46.0 Å². The molecule has 1 fully saturated rings. The molecule has 2 aromatic carbocycles. The number of benzene rings is 2. The van der Waals surface area contributed by atoms with Crippen molar-refractivity contribution in [3.8, 4) is 22.6 Å². The van der Waals surface area contributed by atoms with Gasteiger partial charge < -0.3 is 4.85 Å². The number of hydrogen-bond acceptors (Lipinski definition) is 4. The number of fused-ring (bicyclic) bond motifs is 4. The van der Waals surface area contributed by atoms with E-state index in [2.05, 4.69) is 16.8 Å². The molecule has 1 saturated carbocycles. The molecule has 6 rings (SSSR count). The molecule has 0 N–H and O–H groups in total. The normalized spacial score (nSPS) is 25.2. The van der Waals surface area contributed by atoms with Crippen LogP contribution in [-0.2, 0) is 16.6 Å². The second-order valence-electron chi connectivity index (χ2n) is 10.2. The van der Waals surface area contributed by atoms with Gasteiger partial charge in [-0.25, -0.2) is 20.9 Å². The third kappa shape index (κ3) is 3.26. The van der Waals surface area contributed by atoms with Gasteiger partial charge in [-0.3, -0.25) is 9.78 Å². The molecule has 0 amide bonds. The maximum Gasteiger partial charge on any atom is 0.282 e. The Morgan fingerprint density at radius 2 is 1.83 bits per heavy atom. The van der Waals surface area contributed by atoms with E-state index in [1.54, 1.807) is 18.3 Å². The SMILES string of the molecule is [C-]#[N+]C1C[C@@]2(C)c3nc(-c4ccnc5ccccc45)nc(-c4ccccc4F)c3CC[C@@H]2[C@@H](C)C1=O. The maximum atomic E-state index is 15.1. The molecule has 2 aliphatic carbocycles. The quantitative estimate of drug-likeness (QED) is 0.323.